The fraction of sp³-hybridized carbons (Fsp3) is 0.625. The minimum Gasteiger partial charge on any atom is -0.384 e. The monoisotopic (exact) mass is 153 g/mol. The van der Waals surface area contributed by atoms with Gasteiger partial charge in [-0.15, -0.1) is 0 Å². The van der Waals surface area contributed by atoms with E-state index in [4.69, 9.17) is 5.73 Å². The number of hydrogen-bond donors (Lipinski definition) is 1. The molecule has 0 saturated carbocycles. The van der Waals surface area contributed by atoms with Crippen LogP contribution in [0.3, 0.4) is 0 Å². The van der Waals surface area contributed by atoms with Gasteiger partial charge in [-0.05, 0) is 12.8 Å². The summed E-state index contributed by atoms with van der Waals surface area (Å²) in [7, 11) is 0. The molecule has 0 spiro atoms. The van der Waals surface area contributed by atoms with Crippen molar-refractivity contribution in [1.82, 2.24) is 9.78 Å². The molecule has 1 aromatic heterocycles. The Morgan fingerprint density at radius 2 is 2.27 bits per heavy atom. The molecule has 0 saturated heterocycles. The van der Waals surface area contributed by atoms with Gasteiger partial charge < -0.3 is 5.73 Å². The van der Waals surface area contributed by atoms with E-state index in [0.29, 0.717) is 5.92 Å². The molecule has 11 heavy (non-hydrogen) atoms. The zero-order valence-electron chi connectivity index (χ0n) is 7.33. The normalized spacial score (nSPS) is 10.9. The molecule has 62 valence electrons. The third-order valence-corrected chi connectivity index (χ3v) is 1.47. The zero-order chi connectivity index (χ0) is 8.43. The van der Waals surface area contributed by atoms with Crippen LogP contribution in [-0.2, 0) is 6.54 Å². The average Bonchev–Trinajstić information content (AvgIpc) is 2.09. The number of rotatable bonds is 2. The molecule has 0 fully saturated rings. The SMILES string of the molecule is Cc1cc(N)n(CC(C)C)n1. The van der Waals surface area contributed by atoms with E-state index in [2.05, 4.69) is 18.9 Å². The van der Waals surface area contributed by atoms with Crippen LogP contribution >= 0.6 is 0 Å². The second-order valence-corrected chi connectivity index (χ2v) is 3.29. The van der Waals surface area contributed by atoms with E-state index in [1.165, 1.54) is 0 Å². The summed E-state index contributed by atoms with van der Waals surface area (Å²) in [4.78, 5) is 0. The number of nitrogens with two attached hydrogens (primary N) is 1. The number of nitrogens with zero attached hydrogens (tertiary/aromatic N) is 2. The number of aromatic nitrogens is 2. The molecule has 3 heteroatoms. The molecule has 3 nitrogen and oxygen atoms in total. The Labute approximate surface area is 67.2 Å². The van der Waals surface area contributed by atoms with Gasteiger partial charge in [0.1, 0.15) is 5.82 Å². The molecule has 0 aliphatic carbocycles. The number of nitrogen functional groups attached to an aromatic ring is 1. The highest BCUT2D eigenvalue weighted by Crippen LogP contribution is 2.07. The fourth-order valence-electron chi connectivity index (χ4n) is 1.06. The summed E-state index contributed by atoms with van der Waals surface area (Å²) >= 11 is 0. The molecule has 0 aliphatic rings. The first-order valence-corrected chi connectivity index (χ1v) is 3.89. The van der Waals surface area contributed by atoms with Crippen molar-refractivity contribution in [3.05, 3.63) is 11.8 Å². The Morgan fingerprint density at radius 1 is 1.64 bits per heavy atom. The Hall–Kier alpha value is -0.990. The van der Waals surface area contributed by atoms with Crippen molar-refractivity contribution in [3.8, 4) is 0 Å². The fourth-order valence-corrected chi connectivity index (χ4v) is 1.06. The summed E-state index contributed by atoms with van der Waals surface area (Å²) in [6.07, 6.45) is 0. The van der Waals surface area contributed by atoms with Crippen LogP contribution in [-0.4, -0.2) is 9.78 Å². The first-order chi connectivity index (χ1) is 5.09. The third-order valence-electron chi connectivity index (χ3n) is 1.47. The van der Waals surface area contributed by atoms with Crippen LogP contribution in [0.4, 0.5) is 5.82 Å². The van der Waals surface area contributed by atoms with Crippen LogP contribution in [0.1, 0.15) is 19.5 Å². The van der Waals surface area contributed by atoms with Gasteiger partial charge in [0.25, 0.3) is 0 Å². The molecule has 0 unspecified atom stereocenters. The maximum Gasteiger partial charge on any atom is 0.121 e. The summed E-state index contributed by atoms with van der Waals surface area (Å²) in [5.74, 6) is 1.35. The Morgan fingerprint density at radius 3 is 2.64 bits per heavy atom. The van der Waals surface area contributed by atoms with Gasteiger partial charge >= 0.3 is 0 Å². The van der Waals surface area contributed by atoms with Gasteiger partial charge in [0.2, 0.25) is 0 Å². The van der Waals surface area contributed by atoms with Gasteiger partial charge in [-0.1, -0.05) is 13.8 Å². The molecular weight excluding hydrogens is 138 g/mol. The zero-order valence-corrected chi connectivity index (χ0v) is 7.33. The molecule has 1 heterocycles. The summed E-state index contributed by atoms with van der Waals surface area (Å²) < 4.78 is 1.85. The van der Waals surface area contributed by atoms with Gasteiger partial charge in [0.05, 0.1) is 5.69 Å². The van der Waals surface area contributed by atoms with E-state index in [0.717, 1.165) is 18.1 Å². The third kappa shape index (κ3) is 1.97. The molecule has 0 bridgehead atoms. The van der Waals surface area contributed by atoms with E-state index >= 15 is 0 Å². The smallest absolute Gasteiger partial charge is 0.121 e. The quantitative estimate of drug-likeness (QED) is 0.698. The van der Waals surface area contributed by atoms with Crippen molar-refractivity contribution in [3.63, 3.8) is 0 Å². The summed E-state index contributed by atoms with van der Waals surface area (Å²) in [6, 6.07) is 1.89. The van der Waals surface area contributed by atoms with Crippen molar-refractivity contribution in [2.75, 3.05) is 5.73 Å². The first kappa shape index (κ1) is 8.11. The van der Waals surface area contributed by atoms with E-state index in [-0.39, 0.29) is 0 Å². The molecule has 2 N–H and O–H groups in total. The average molecular weight is 153 g/mol. The van der Waals surface area contributed by atoms with Gasteiger partial charge in [-0.25, -0.2) is 4.68 Å². The molecule has 1 rings (SSSR count). The lowest BCUT2D eigenvalue weighted by Crippen LogP contribution is -2.09. The largest absolute Gasteiger partial charge is 0.384 e. The van der Waals surface area contributed by atoms with Crippen LogP contribution in [0.15, 0.2) is 6.07 Å². The van der Waals surface area contributed by atoms with Crippen LogP contribution in [0.2, 0.25) is 0 Å². The Bertz CT molecular complexity index is 237. The van der Waals surface area contributed by atoms with Crippen molar-refractivity contribution >= 4 is 5.82 Å². The highest BCUT2D eigenvalue weighted by molar-refractivity contribution is 5.29. The lowest BCUT2D eigenvalue weighted by atomic mass is 10.2. The van der Waals surface area contributed by atoms with E-state index in [1.54, 1.807) is 0 Å². The second-order valence-electron chi connectivity index (χ2n) is 3.29. The second kappa shape index (κ2) is 2.95. The van der Waals surface area contributed by atoms with Gasteiger partial charge in [-0.2, -0.15) is 5.10 Å². The molecule has 0 aliphatic heterocycles. The van der Waals surface area contributed by atoms with Crippen LogP contribution in [0.25, 0.3) is 0 Å². The minimum atomic E-state index is 0.594. The first-order valence-electron chi connectivity index (χ1n) is 3.89. The summed E-state index contributed by atoms with van der Waals surface area (Å²) in [5.41, 5.74) is 6.68. The molecule has 0 amide bonds. The molecular formula is C8H15N3. The predicted octanol–water partition coefficient (Wildman–Crippen LogP) is 1.43. The molecule has 1 aromatic rings. The molecule has 0 atom stereocenters. The highest BCUT2D eigenvalue weighted by atomic mass is 15.3. The molecule has 0 radical (unpaired) electrons. The van der Waals surface area contributed by atoms with Crippen LogP contribution in [0.5, 0.6) is 0 Å². The lowest BCUT2D eigenvalue weighted by molar-refractivity contribution is 0.486. The highest BCUT2D eigenvalue weighted by Gasteiger charge is 2.02. The molecule has 0 aromatic carbocycles. The van der Waals surface area contributed by atoms with E-state index < -0.39 is 0 Å². The topological polar surface area (TPSA) is 43.8 Å². The Kier molecular flexibility index (Phi) is 2.17. The standard InChI is InChI=1S/C8H15N3/c1-6(2)5-11-8(9)4-7(3)10-11/h4,6H,5,9H2,1-3H3. The van der Waals surface area contributed by atoms with Crippen LogP contribution < -0.4 is 5.73 Å². The lowest BCUT2D eigenvalue weighted by Gasteiger charge is -2.05. The van der Waals surface area contributed by atoms with Crippen molar-refractivity contribution in [2.24, 2.45) is 5.92 Å². The van der Waals surface area contributed by atoms with Crippen LogP contribution in [0, 0.1) is 12.8 Å². The van der Waals surface area contributed by atoms with Gasteiger partial charge in [0, 0.05) is 12.6 Å². The van der Waals surface area contributed by atoms with Gasteiger partial charge in [-0.3, -0.25) is 0 Å². The Balaban J connectivity index is 2.77. The van der Waals surface area contributed by atoms with Crippen molar-refractivity contribution in [1.29, 1.82) is 0 Å². The number of hydrogen-bond acceptors (Lipinski definition) is 2. The number of aryl methyl sites for hydroxylation is 1. The summed E-state index contributed by atoms with van der Waals surface area (Å²) in [6.45, 7) is 7.15. The number of anilines is 1. The van der Waals surface area contributed by atoms with Gasteiger partial charge in [0.15, 0.2) is 0 Å². The maximum atomic E-state index is 5.69. The van der Waals surface area contributed by atoms with Crippen molar-refractivity contribution in [2.45, 2.75) is 27.3 Å². The van der Waals surface area contributed by atoms with E-state index in [1.807, 2.05) is 17.7 Å². The van der Waals surface area contributed by atoms with E-state index in [9.17, 15) is 0 Å². The van der Waals surface area contributed by atoms with Crippen molar-refractivity contribution < 1.29 is 0 Å². The summed E-state index contributed by atoms with van der Waals surface area (Å²) in [5, 5.41) is 4.24. The predicted molar refractivity (Wildman–Crippen MR) is 46.2 cm³/mol. The maximum absolute atomic E-state index is 5.69. The minimum absolute atomic E-state index is 0.594.